The fourth-order valence-electron chi connectivity index (χ4n) is 3.05. The van der Waals surface area contributed by atoms with E-state index in [-0.39, 0.29) is 11.6 Å². The third-order valence-electron chi connectivity index (χ3n) is 4.21. The lowest BCUT2D eigenvalue weighted by atomic mass is 10.0. The predicted molar refractivity (Wildman–Crippen MR) is 96.6 cm³/mol. The highest BCUT2D eigenvalue weighted by molar-refractivity contribution is 5.69. The van der Waals surface area contributed by atoms with E-state index in [2.05, 4.69) is 24.3 Å². The monoisotopic (exact) mass is 331 g/mol. The predicted octanol–water partition coefficient (Wildman–Crippen LogP) is 4.85. The first-order valence-corrected chi connectivity index (χ1v) is 8.66. The fourth-order valence-corrected chi connectivity index (χ4v) is 3.05. The smallest absolute Gasteiger partial charge is 0.412 e. The van der Waals surface area contributed by atoms with Gasteiger partial charge in [-0.2, -0.15) is 0 Å². The van der Waals surface area contributed by atoms with Gasteiger partial charge in [0, 0.05) is 0 Å². The van der Waals surface area contributed by atoms with E-state index in [9.17, 15) is 4.79 Å². The van der Waals surface area contributed by atoms with Crippen LogP contribution in [0.1, 0.15) is 52.5 Å². The molecule has 1 heterocycles. The van der Waals surface area contributed by atoms with Crippen LogP contribution in [0.15, 0.2) is 36.4 Å². The second-order valence-electron chi connectivity index (χ2n) is 7.31. The lowest BCUT2D eigenvalue weighted by molar-refractivity contribution is -0.0518. The summed E-state index contributed by atoms with van der Waals surface area (Å²) in [7, 11) is 0. The number of rotatable bonds is 6. The number of hydrogen-bond acceptors (Lipinski definition) is 3. The molecule has 1 aliphatic heterocycles. The number of ether oxygens (including phenoxy) is 2. The Morgan fingerprint density at radius 2 is 1.92 bits per heavy atom. The van der Waals surface area contributed by atoms with Gasteiger partial charge in [-0.15, -0.1) is 0 Å². The third-order valence-corrected chi connectivity index (χ3v) is 4.21. The maximum absolute atomic E-state index is 12.4. The van der Waals surface area contributed by atoms with Crippen LogP contribution in [0.2, 0.25) is 0 Å². The quantitative estimate of drug-likeness (QED) is 0.699. The Morgan fingerprint density at radius 3 is 2.54 bits per heavy atom. The maximum atomic E-state index is 12.4. The second-order valence-corrected chi connectivity index (χ2v) is 7.31. The molecule has 0 aliphatic carbocycles. The van der Waals surface area contributed by atoms with Crippen LogP contribution in [-0.4, -0.2) is 35.5 Å². The molecular formula is C20H29NO3. The number of carbonyl (C=O) groups is 1. The lowest BCUT2D eigenvalue weighted by Gasteiger charge is -2.36. The van der Waals surface area contributed by atoms with E-state index in [0.717, 1.165) is 19.3 Å². The molecule has 132 valence electrons. The molecule has 4 nitrogen and oxygen atoms in total. The molecule has 1 amide bonds. The lowest BCUT2D eigenvalue weighted by Crippen LogP contribution is -2.52. The molecule has 0 spiro atoms. The minimum atomic E-state index is -0.612. The Balaban J connectivity index is 1.67. The summed E-state index contributed by atoms with van der Waals surface area (Å²) in [5.41, 5.74) is 0.264. The van der Waals surface area contributed by atoms with Crippen molar-refractivity contribution in [2.75, 3.05) is 13.2 Å². The zero-order chi connectivity index (χ0) is 17.6. The Labute approximate surface area is 145 Å². The Morgan fingerprint density at radius 1 is 1.21 bits per heavy atom. The van der Waals surface area contributed by atoms with Gasteiger partial charge < -0.3 is 9.47 Å². The molecule has 0 radical (unpaired) electrons. The van der Waals surface area contributed by atoms with Gasteiger partial charge in [0.15, 0.2) is 0 Å². The number of amides is 1. The van der Waals surface area contributed by atoms with Crippen LogP contribution >= 0.6 is 0 Å². The summed E-state index contributed by atoms with van der Waals surface area (Å²) >= 11 is 0. The van der Waals surface area contributed by atoms with Gasteiger partial charge in [-0.1, -0.05) is 42.5 Å². The molecule has 0 saturated carbocycles. The topological polar surface area (TPSA) is 38.8 Å². The molecular weight excluding hydrogens is 302 g/mol. The summed E-state index contributed by atoms with van der Waals surface area (Å²) in [5, 5.41) is 0. The van der Waals surface area contributed by atoms with E-state index in [1.54, 1.807) is 4.90 Å². The Kier molecular flexibility index (Phi) is 6.05. The number of hydrogen-bond donors (Lipinski definition) is 0. The first-order valence-electron chi connectivity index (χ1n) is 8.66. The van der Waals surface area contributed by atoms with Gasteiger partial charge in [0.1, 0.15) is 5.72 Å². The van der Waals surface area contributed by atoms with Crippen LogP contribution in [0.4, 0.5) is 4.79 Å². The van der Waals surface area contributed by atoms with E-state index in [4.69, 9.17) is 9.47 Å². The summed E-state index contributed by atoms with van der Waals surface area (Å²) in [6.45, 7) is 8.77. The first kappa shape index (κ1) is 18.5. The average molecular weight is 331 g/mol. The normalized spacial score (nSPS) is 18.9. The van der Waals surface area contributed by atoms with Crippen molar-refractivity contribution >= 4 is 12.2 Å². The van der Waals surface area contributed by atoms with Crippen LogP contribution in [0, 0.1) is 0 Å². The van der Waals surface area contributed by atoms with Crippen molar-refractivity contribution in [1.82, 2.24) is 4.90 Å². The minimum Gasteiger partial charge on any atom is -0.449 e. The minimum absolute atomic E-state index is 0.290. The van der Waals surface area contributed by atoms with E-state index in [1.807, 2.05) is 45.9 Å². The molecule has 2 rings (SSSR count). The van der Waals surface area contributed by atoms with E-state index in [1.165, 1.54) is 5.56 Å². The maximum Gasteiger partial charge on any atom is 0.412 e. The Hall–Kier alpha value is -1.81. The van der Waals surface area contributed by atoms with E-state index in [0.29, 0.717) is 13.2 Å². The van der Waals surface area contributed by atoms with Crippen LogP contribution in [0.3, 0.4) is 0 Å². The van der Waals surface area contributed by atoms with E-state index >= 15 is 0 Å². The van der Waals surface area contributed by atoms with Gasteiger partial charge in [-0.05, 0) is 52.5 Å². The molecule has 24 heavy (non-hydrogen) atoms. The van der Waals surface area contributed by atoms with Gasteiger partial charge in [-0.25, -0.2) is 4.79 Å². The number of benzene rings is 1. The van der Waals surface area contributed by atoms with Gasteiger partial charge in [0.2, 0.25) is 0 Å². The van der Waals surface area contributed by atoms with Crippen molar-refractivity contribution in [3.8, 4) is 0 Å². The molecule has 1 aromatic rings. The number of unbranched alkanes of at least 4 members (excludes halogenated alkanes) is 2. The molecule has 1 aromatic carbocycles. The first-order chi connectivity index (χ1) is 11.3. The molecule has 1 aliphatic rings. The summed E-state index contributed by atoms with van der Waals surface area (Å²) in [6.07, 6.45) is 6.84. The van der Waals surface area contributed by atoms with Crippen LogP contribution in [0.25, 0.3) is 6.08 Å². The molecule has 0 aromatic heterocycles. The summed E-state index contributed by atoms with van der Waals surface area (Å²) in [5.74, 6) is 0. The fraction of sp³-hybridized carbons (Fsp3) is 0.550. The van der Waals surface area contributed by atoms with Crippen molar-refractivity contribution in [2.24, 2.45) is 0 Å². The molecule has 4 heteroatoms. The third kappa shape index (κ3) is 4.84. The van der Waals surface area contributed by atoms with Crippen LogP contribution in [-0.2, 0) is 9.47 Å². The van der Waals surface area contributed by atoms with Crippen molar-refractivity contribution < 1.29 is 14.3 Å². The van der Waals surface area contributed by atoms with Gasteiger partial charge in [0.25, 0.3) is 0 Å². The van der Waals surface area contributed by atoms with Crippen molar-refractivity contribution in [3.05, 3.63) is 42.0 Å². The standard InChI is InChI=1S/C20H29NO3/c1-19(2)16-24-20(3,4)21(19)18(22)23-15-11-6-5-8-12-17-13-9-7-10-14-17/h7-10,12-14H,5-6,11,15-16H2,1-4H3/b12-8-. The summed E-state index contributed by atoms with van der Waals surface area (Å²) in [4.78, 5) is 14.1. The van der Waals surface area contributed by atoms with Crippen LogP contribution < -0.4 is 0 Å². The largest absolute Gasteiger partial charge is 0.449 e. The highest BCUT2D eigenvalue weighted by Crippen LogP contribution is 2.35. The summed E-state index contributed by atoms with van der Waals surface area (Å²) < 4.78 is 11.2. The average Bonchev–Trinajstić information content (AvgIpc) is 2.75. The second kappa shape index (κ2) is 7.84. The van der Waals surface area contributed by atoms with Crippen molar-refractivity contribution in [2.45, 2.75) is 58.2 Å². The van der Waals surface area contributed by atoms with Crippen molar-refractivity contribution in [3.63, 3.8) is 0 Å². The summed E-state index contributed by atoms with van der Waals surface area (Å²) in [6, 6.07) is 10.2. The molecule has 0 N–H and O–H groups in total. The molecule has 0 unspecified atom stereocenters. The van der Waals surface area contributed by atoms with Crippen molar-refractivity contribution in [1.29, 1.82) is 0 Å². The molecule has 1 saturated heterocycles. The van der Waals surface area contributed by atoms with Gasteiger partial charge in [-0.3, -0.25) is 4.90 Å². The van der Waals surface area contributed by atoms with Gasteiger partial charge >= 0.3 is 6.09 Å². The molecule has 0 atom stereocenters. The zero-order valence-corrected chi connectivity index (χ0v) is 15.2. The van der Waals surface area contributed by atoms with Gasteiger partial charge in [0.05, 0.1) is 18.8 Å². The highest BCUT2D eigenvalue weighted by atomic mass is 16.6. The zero-order valence-electron chi connectivity index (χ0n) is 15.2. The highest BCUT2D eigenvalue weighted by Gasteiger charge is 2.49. The number of allylic oxidation sites excluding steroid dienone is 1. The Bertz CT molecular complexity index is 548. The van der Waals surface area contributed by atoms with Crippen LogP contribution in [0.5, 0.6) is 0 Å². The number of carbonyl (C=O) groups excluding carboxylic acids is 1. The molecule has 1 fully saturated rings. The SMILES string of the molecule is CC1(C)COC(C)(C)N1C(=O)OCCCC/C=C\c1ccccc1. The number of nitrogens with zero attached hydrogens (tertiary/aromatic N) is 1. The molecule has 0 bridgehead atoms. The van der Waals surface area contributed by atoms with E-state index < -0.39 is 5.72 Å².